The van der Waals surface area contributed by atoms with Gasteiger partial charge in [-0.05, 0) is 31.2 Å². The smallest absolute Gasteiger partial charge is 0.492 e. The molecule has 1 atom stereocenters. The highest BCUT2D eigenvalue weighted by Crippen LogP contribution is 2.24. The van der Waals surface area contributed by atoms with E-state index in [4.69, 9.17) is 4.74 Å². The zero-order valence-corrected chi connectivity index (χ0v) is 13.0. The van der Waals surface area contributed by atoms with E-state index >= 15 is 0 Å². The number of halogens is 4. The van der Waals surface area contributed by atoms with Crippen LogP contribution in [0.15, 0.2) is 24.3 Å². The van der Waals surface area contributed by atoms with Gasteiger partial charge >= 0.3 is 6.36 Å². The van der Waals surface area contributed by atoms with Crippen LogP contribution >= 0.6 is 12.4 Å². The molecule has 1 fully saturated rings. The van der Waals surface area contributed by atoms with Crippen LogP contribution in [0.2, 0.25) is 0 Å². The van der Waals surface area contributed by atoms with Crippen molar-refractivity contribution in [1.82, 2.24) is 10.2 Å². The summed E-state index contributed by atoms with van der Waals surface area (Å²) in [5, 5.41) is 3.31. The maximum absolute atomic E-state index is 12.0. The maximum atomic E-state index is 12.0. The summed E-state index contributed by atoms with van der Waals surface area (Å²) in [6.45, 7) is 6.35. The summed E-state index contributed by atoms with van der Waals surface area (Å²) in [5.41, 5.74) is 0. The molecule has 0 aliphatic carbocycles. The van der Waals surface area contributed by atoms with Crippen molar-refractivity contribution in [3.05, 3.63) is 24.3 Å². The number of nitrogens with one attached hydrogen (secondary N) is 1. The van der Waals surface area contributed by atoms with Gasteiger partial charge in [0.15, 0.2) is 0 Å². The molecule has 1 aliphatic rings. The number of hydrogen-bond acceptors (Lipinski definition) is 4. The summed E-state index contributed by atoms with van der Waals surface area (Å²) < 4.78 is 45.4. The van der Waals surface area contributed by atoms with Crippen molar-refractivity contribution in [2.75, 3.05) is 32.8 Å². The Morgan fingerprint density at radius 2 is 1.86 bits per heavy atom. The van der Waals surface area contributed by atoms with Crippen molar-refractivity contribution >= 4 is 12.4 Å². The van der Waals surface area contributed by atoms with Crippen molar-refractivity contribution in [2.24, 2.45) is 0 Å². The summed E-state index contributed by atoms with van der Waals surface area (Å²) in [6, 6.07) is 5.90. The number of nitrogens with zero attached hydrogens (tertiary/aromatic N) is 1. The lowest BCUT2D eigenvalue weighted by atomic mass is 10.2. The third-order valence-electron chi connectivity index (χ3n) is 3.34. The summed E-state index contributed by atoms with van der Waals surface area (Å²) in [6.07, 6.45) is -4.67. The number of piperazine rings is 1. The highest BCUT2D eigenvalue weighted by atomic mass is 35.5. The molecule has 8 heteroatoms. The number of hydrogen-bond donors (Lipinski definition) is 1. The molecule has 0 amide bonds. The van der Waals surface area contributed by atoms with Crippen molar-refractivity contribution in [2.45, 2.75) is 19.3 Å². The van der Waals surface area contributed by atoms with Crippen molar-refractivity contribution < 1.29 is 22.6 Å². The molecule has 0 unspecified atom stereocenters. The maximum Gasteiger partial charge on any atom is 0.573 e. The molecule has 126 valence electrons. The quantitative estimate of drug-likeness (QED) is 0.893. The molecule has 1 aliphatic heterocycles. The monoisotopic (exact) mass is 340 g/mol. The Bertz CT molecular complexity index is 443. The SMILES string of the molecule is C[C@H]1CNCCN1CCOc1ccc(OC(F)(F)F)cc1.Cl. The number of benzene rings is 1. The molecule has 0 saturated carbocycles. The van der Waals surface area contributed by atoms with Gasteiger partial charge in [0.1, 0.15) is 18.1 Å². The third kappa shape index (κ3) is 6.29. The van der Waals surface area contributed by atoms with E-state index in [1.807, 2.05) is 0 Å². The van der Waals surface area contributed by atoms with Crippen LogP contribution in [0, 0.1) is 0 Å². The van der Waals surface area contributed by atoms with Crippen LogP contribution in [0.5, 0.6) is 11.5 Å². The topological polar surface area (TPSA) is 33.7 Å². The highest BCUT2D eigenvalue weighted by molar-refractivity contribution is 5.85. The first-order chi connectivity index (χ1) is 9.94. The molecule has 1 saturated heterocycles. The molecule has 0 bridgehead atoms. The molecule has 1 N–H and O–H groups in total. The molecule has 0 radical (unpaired) electrons. The Hall–Kier alpha value is -1.18. The fraction of sp³-hybridized carbons (Fsp3) is 0.571. The van der Waals surface area contributed by atoms with E-state index in [-0.39, 0.29) is 18.2 Å². The van der Waals surface area contributed by atoms with Crippen LogP contribution in [-0.4, -0.2) is 50.1 Å². The van der Waals surface area contributed by atoms with E-state index in [1.54, 1.807) is 0 Å². The van der Waals surface area contributed by atoms with E-state index in [2.05, 4.69) is 21.9 Å². The second-order valence-corrected chi connectivity index (χ2v) is 4.96. The first-order valence-corrected chi connectivity index (χ1v) is 6.87. The Morgan fingerprint density at radius 3 is 2.45 bits per heavy atom. The van der Waals surface area contributed by atoms with E-state index in [1.165, 1.54) is 24.3 Å². The van der Waals surface area contributed by atoms with Crippen molar-refractivity contribution in [3.8, 4) is 11.5 Å². The van der Waals surface area contributed by atoms with Crippen LogP contribution in [0.3, 0.4) is 0 Å². The fourth-order valence-corrected chi connectivity index (χ4v) is 2.23. The molecule has 0 spiro atoms. The van der Waals surface area contributed by atoms with E-state index in [0.29, 0.717) is 18.4 Å². The Morgan fingerprint density at radius 1 is 1.23 bits per heavy atom. The zero-order valence-electron chi connectivity index (χ0n) is 12.2. The fourth-order valence-electron chi connectivity index (χ4n) is 2.23. The van der Waals surface area contributed by atoms with Crippen LogP contribution in [-0.2, 0) is 0 Å². The van der Waals surface area contributed by atoms with Gasteiger partial charge < -0.3 is 14.8 Å². The molecular formula is C14H20ClF3N2O2. The molecular weight excluding hydrogens is 321 g/mol. The molecule has 1 heterocycles. The first kappa shape index (κ1) is 18.9. The third-order valence-corrected chi connectivity index (χ3v) is 3.34. The van der Waals surface area contributed by atoms with Gasteiger partial charge in [-0.3, -0.25) is 4.90 Å². The van der Waals surface area contributed by atoms with E-state index in [9.17, 15) is 13.2 Å². The van der Waals surface area contributed by atoms with E-state index < -0.39 is 6.36 Å². The van der Waals surface area contributed by atoms with Crippen LogP contribution in [0.25, 0.3) is 0 Å². The van der Waals surface area contributed by atoms with Gasteiger partial charge in [-0.2, -0.15) is 0 Å². The number of rotatable bonds is 5. The van der Waals surface area contributed by atoms with Crippen molar-refractivity contribution in [3.63, 3.8) is 0 Å². The molecule has 1 aromatic rings. The van der Waals surface area contributed by atoms with Gasteiger partial charge in [0.2, 0.25) is 0 Å². The van der Waals surface area contributed by atoms with Crippen molar-refractivity contribution in [1.29, 1.82) is 0 Å². The largest absolute Gasteiger partial charge is 0.573 e. The first-order valence-electron chi connectivity index (χ1n) is 6.87. The average molecular weight is 341 g/mol. The standard InChI is InChI=1S/C14H19F3N2O2.ClH/c1-11-10-18-6-7-19(11)8-9-20-12-2-4-13(5-3-12)21-14(15,16)17;/h2-5,11,18H,6-10H2,1H3;1H/t11-;/m0./s1. The Labute approximate surface area is 134 Å². The minimum absolute atomic E-state index is 0. The molecule has 2 rings (SSSR count). The van der Waals surface area contributed by atoms with Crippen LogP contribution in [0.1, 0.15) is 6.92 Å². The molecule has 1 aromatic carbocycles. The second-order valence-electron chi connectivity index (χ2n) is 4.96. The molecule has 0 aromatic heterocycles. The van der Waals surface area contributed by atoms with Gasteiger partial charge in [-0.1, -0.05) is 0 Å². The normalized spacial score (nSPS) is 19.4. The summed E-state index contributed by atoms with van der Waals surface area (Å²) in [4.78, 5) is 2.32. The highest BCUT2D eigenvalue weighted by Gasteiger charge is 2.30. The Kier molecular flexibility index (Phi) is 7.25. The van der Waals surface area contributed by atoms with E-state index in [0.717, 1.165) is 26.2 Å². The predicted octanol–water partition coefficient (Wildman–Crippen LogP) is 2.68. The lowest BCUT2D eigenvalue weighted by Gasteiger charge is -2.33. The number of ether oxygens (including phenoxy) is 2. The van der Waals surface area contributed by atoms with Gasteiger partial charge in [0.25, 0.3) is 0 Å². The molecule has 22 heavy (non-hydrogen) atoms. The van der Waals surface area contributed by atoms with Gasteiger partial charge in [0.05, 0.1) is 0 Å². The Balaban J connectivity index is 0.00000242. The summed E-state index contributed by atoms with van der Waals surface area (Å²) in [7, 11) is 0. The lowest BCUT2D eigenvalue weighted by molar-refractivity contribution is -0.274. The second kappa shape index (κ2) is 8.45. The number of alkyl halides is 3. The predicted molar refractivity (Wildman–Crippen MR) is 79.8 cm³/mol. The van der Waals surface area contributed by atoms with Gasteiger partial charge in [-0.25, -0.2) is 0 Å². The molecule has 4 nitrogen and oxygen atoms in total. The van der Waals surface area contributed by atoms with Crippen LogP contribution < -0.4 is 14.8 Å². The summed E-state index contributed by atoms with van der Waals surface area (Å²) in [5.74, 6) is 0.290. The van der Waals surface area contributed by atoms with Crippen LogP contribution in [0.4, 0.5) is 13.2 Å². The van der Waals surface area contributed by atoms with Gasteiger partial charge in [-0.15, -0.1) is 25.6 Å². The minimum Gasteiger partial charge on any atom is -0.492 e. The van der Waals surface area contributed by atoms with Gasteiger partial charge in [0, 0.05) is 32.2 Å². The minimum atomic E-state index is -4.67. The zero-order chi connectivity index (χ0) is 15.3. The summed E-state index contributed by atoms with van der Waals surface area (Å²) >= 11 is 0. The lowest BCUT2D eigenvalue weighted by Crippen LogP contribution is -2.50. The average Bonchev–Trinajstić information content (AvgIpc) is 2.41.